The van der Waals surface area contributed by atoms with Crippen LogP contribution in [0.5, 0.6) is 5.75 Å². The first-order chi connectivity index (χ1) is 13.7. The van der Waals surface area contributed by atoms with E-state index in [0.29, 0.717) is 18.2 Å². The number of oxazole rings is 1. The number of aryl methyl sites for hydroxylation is 1. The van der Waals surface area contributed by atoms with Crippen molar-refractivity contribution in [2.45, 2.75) is 13.3 Å². The molecule has 1 aliphatic rings. The van der Waals surface area contributed by atoms with Gasteiger partial charge in [-0.25, -0.2) is 0 Å². The molecule has 1 fully saturated rings. The summed E-state index contributed by atoms with van der Waals surface area (Å²) >= 11 is 3.44. The first-order valence-electron chi connectivity index (χ1n) is 9.54. The highest BCUT2D eigenvalue weighted by molar-refractivity contribution is 9.10. The Balaban J connectivity index is 1.42. The number of morpholine rings is 1. The molecule has 1 aromatic heterocycles. The monoisotopic (exact) mass is 445 g/mol. The summed E-state index contributed by atoms with van der Waals surface area (Å²) in [6.45, 7) is 7.36. The van der Waals surface area contributed by atoms with E-state index in [1.165, 1.54) is 0 Å². The van der Waals surface area contributed by atoms with Gasteiger partial charge in [-0.15, -0.1) is 0 Å². The molecule has 1 aliphatic heterocycles. The highest BCUT2D eigenvalue weighted by Crippen LogP contribution is 2.31. The second kappa shape index (κ2) is 8.94. The Bertz CT molecular complexity index is 921. The zero-order valence-electron chi connectivity index (χ0n) is 15.9. The number of aromatic nitrogens is 1. The molecule has 2 aromatic carbocycles. The Hall–Kier alpha value is -2.09. The Morgan fingerprint density at radius 3 is 2.75 bits per heavy atom. The van der Waals surface area contributed by atoms with Gasteiger partial charge >= 0.3 is 0 Å². The average molecular weight is 446 g/mol. The van der Waals surface area contributed by atoms with Crippen LogP contribution in [0.2, 0.25) is 0 Å². The average Bonchev–Trinajstić information content (AvgIpc) is 3.10. The third kappa shape index (κ3) is 4.84. The summed E-state index contributed by atoms with van der Waals surface area (Å²) in [7, 11) is 0. The molecular formula is C21H24BrN3O3. The first-order valence-corrected chi connectivity index (χ1v) is 10.3. The summed E-state index contributed by atoms with van der Waals surface area (Å²) in [5, 5.41) is 3.20. The Labute approximate surface area is 173 Å². The number of nitrogens with one attached hydrogen (secondary N) is 1. The van der Waals surface area contributed by atoms with E-state index >= 15 is 0 Å². The third-order valence-electron chi connectivity index (χ3n) is 4.68. The van der Waals surface area contributed by atoms with Crippen LogP contribution in [0.1, 0.15) is 12.0 Å². The van der Waals surface area contributed by atoms with Crippen LogP contribution in [0.15, 0.2) is 45.3 Å². The molecule has 1 saturated heterocycles. The van der Waals surface area contributed by atoms with Gasteiger partial charge in [-0.1, -0.05) is 15.9 Å². The van der Waals surface area contributed by atoms with Crippen molar-refractivity contribution in [2.75, 3.05) is 44.8 Å². The van der Waals surface area contributed by atoms with E-state index < -0.39 is 0 Å². The highest BCUT2D eigenvalue weighted by Gasteiger charge is 2.14. The minimum Gasteiger partial charge on any atom is -0.490 e. The molecule has 7 heteroatoms. The summed E-state index contributed by atoms with van der Waals surface area (Å²) in [6, 6.07) is 12.3. The maximum Gasteiger partial charge on any atom is 0.300 e. The fourth-order valence-electron chi connectivity index (χ4n) is 3.25. The molecule has 6 nitrogen and oxygen atoms in total. The predicted octanol–water partition coefficient (Wildman–Crippen LogP) is 4.74. The van der Waals surface area contributed by atoms with E-state index in [1.54, 1.807) is 0 Å². The number of anilines is 2. The topological polar surface area (TPSA) is 59.8 Å². The summed E-state index contributed by atoms with van der Waals surface area (Å²) in [5.41, 5.74) is 3.48. The van der Waals surface area contributed by atoms with Crippen molar-refractivity contribution in [3.8, 4) is 5.75 Å². The summed E-state index contributed by atoms with van der Waals surface area (Å²) < 4.78 is 18.4. The predicted molar refractivity (Wildman–Crippen MR) is 114 cm³/mol. The minimum absolute atomic E-state index is 0.459. The maximum atomic E-state index is 6.04. The molecule has 0 atom stereocenters. The van der Waals surface area contributed by atoms with Gasteiger partial charge in [0.2, 0.25) is 0 Å². The van der Waals surface area contributed by atoms with Gasteiger partial charge in [0.1, 0.15) is 5.52 Å². The normalized spacial score (nSPS) is 15.1. The van der Waals surface area contributed by atoms with E-state index in [4.69, 9.17) is 13.9 Å². The molecule has 148 valence electrons. The van der Waals surface area contributed by atoms with E-state index in [9.17, 15) is 0 Å². The van der Waals surface area contributed by atoms with Crippen molar-refractivity contribution >= 4 is 38.7 Å². The van der Waals surface area contributed by atoms with Gasteiger partial charge in [0.05, 0.1) is 19.8 Å². The third-order valence-corrected chi connectivity index (χ3v) is 5.20. The molecule has 0 amide bonds. The van der Waals surface area contributed by atoms with Gasteiger partial charge in [-0.2, -0.15) is 4.98 Å². The number of ether oxygens (including phenoxy) is 2. The van der Waals surface area contributed by atoms with Crippen LogP contribution in [0, 0.1) is 6.92 Å². The Morgan fingerprint density at radius 2 is 1.96 bits per heavy atom. The van der Waals surface area contributed by atoms with Crippen molar-refractivity contribution in [3.05, 3.63) is 46.4 Å². The van der Waals surface area contributed by atoms with Gasteiger partial charge in [0.15, 0.2) is 11.3 Å². The molecule has 1 N–H and O–H groups in total. The molecule has 0 saturated carbocycles. The van der Waals surface area contributed by atoms with Crippen LogP contribution in [0.3, 0.4) is 0 Å². The smallest absolute Gasteiger partial charge is 0.300 e. The van der Waals surface area contributed by atoms with Gasteiger partial charge in [-0.3, -0.25) is 4.90 Å². The molecule has 28 heavy (non-hydrogen) atoms. The van der Waals surface area contributed by atoms with Crippen LogP contribution >= 0.6 is 15.9 Å². The fourth-order valence-corrected chi connectivity index (χ4v) is 3.51. The van der Waals surface area contributed by atoms with Gasteiger partial charge in [0.25, 0.3) is 6.01 Å². The zero-order chi connectivity index (χ0) is 19.3. The first kappa shape index (κ1) is 19.2. The molecule has 2 heterocycles. The molecule has 0 spiro atoms. The van der Waals surface area contributed by atoms with Crippen molar-refractivity contribution in [3.63, 3.8) is 0 Å². The number of hydrogen-bond acceptors (Lipinski definition) is 6. The number of halogens is 1. The molecule has 0 unspecified atom stereocenters. The van der Waals surface area contributed by atoms with Crippen molar-refractivity contribution < 1.29 is 13.9 Å². The van der Waals surface area contributed by atoms with E-state index in [-0.39, 0.29) is 0 Å². The fraction of sp³-hybridized carbons (Fsp3) is 0.381. The summed E-state index contributed by atoms with van der Waals surface area (Å²) in [4.78, 5) is 6.97. The van der Waals surface area contributed by atoms with E-state index in [2.05, 4.69) is 31.1 Å². The lowest BCUT2D eigenvalue weighted by atomic mass is 10.2. The molecule has 3 aromatic rings. The van der Waals surface area contributed by atoms with Crippen LogP contribution in [-0.4, -0.2) is 49.3 Å². The maximum absolute atomic E-state index is 6.04. The molecule has 0 aliphatic carbocycles. The van der Waals surface area contributed by atoms with Crippen LogP contribution in [0.25, 0.3) is 11.1 Å². The second-order valence-electron chi connectivity index (χ2n) is 6.92. The molecular weight excluding hydrogens is 422 g/mol. The Morgan fingerprint density at radius 1 is 1.18 bits per heavy atom. The van der Waals surface area contributed by atoms with Crippen LogP contribution < -0.4 is 10.1 Å². The molecule has 4 rings (SSSR count). The SMILES string of the molecule is Cc1cc(OCCCN2CCOCC2)c2oc(Nc3ccc(Br)cc3)nc2c1. The Kier molecular flexibility index (Phi) is 6.14. The summed E-state index contributed by atoms with van der Waals surface area (Å²) in [5.74, 6) is 0.744. The lowest BCUT2D eigenvalue weighted by molar-refractivity contribution is 0.0358. The number of nitrogens with zero attached hydrogens (tertiary/aromatic N) is 2. The largest absolute Gasteiger partial charge is 0.490 e. The molecule has 0 radical (unpaired) electrons. The highest BCUT2D eigenvalue weighted by atomic mass is 79.9. The van der Waals surface area contributed by atoms with Crippen molar-refractivity contribution in [1.82, 2.24) is 9.88 Å². The van der Waals surface area contributed by atoms with Crippen molar-refractivity contribution in [1.29, 1.82) is 0 Å². The second-order valence-corrected chi connectivity index (χ2v) is 7.83. The number of rotatable bonds is 7. The summed E-state index contributed by atoms with van der Waals surface area (Å²) in [6.07, 6.45) is 0.966. The number of benzene rings is 2. The number of fused-ring (bicyclic) bond motifs is 1. The standard InChI is InChI=1S/C21H24BrN3O3/c1-15-13-18-20(28-21(24-18)23-17-5-3-16(22)4-6-17)19(14-15)27-10-2-7-25-8-11-26-12-9-25/h3-6,13-14H,2,7-12H2,1H3,(H,23,24). The lowest BCUT2D eigenvalue weighted by Crippen LogP contribution is -2.37. The van der Waals surface area contributed by atoms with Crippen LogP contribution in [-0.2, 0) is 4.74 Å². The van der Waals surface area contributed by atoms with Gasteiger partial charge in [-0.05, 0) is 55.3 Å². The van der Waals surface area contributed by atoms with Gasteiger partial charge < -0.3 is 19.2 Å². The van der Waals surface area contributed by atoms with E-state index in [1.807, 2.05) is 43.3 Å². The number of hydrogen-bond donors (Lipinski definition) is 1. The molecule has 0 bridgehead atoms. The quantitative estimate of drug-likeness (QED) is 0.529. The lowest BCUT2D eigenvalue weighted by Gasteiger charge is -2.26. The minimum atomic E-state index is 0.459. The zero-order valence-corrected chi connectivity index (χ0v) is 17.5. The van der Waals surface area contributed by atoms with Crippen molar-refractivity contribution in [2.24, 2.45) is 0 Å². The van der Waals surface area contributed by atoms with Crippen LogP contribution in [0.4, 0.5) is 11.7 Å². The van der Waals surface area contributed by atoms with Gasteiger partial charge in [0, 0.05) is 29.8 Å². The van der Waals surface area contributed by atoms with E-state index in [0.717, 1.165) is 66.3 Å².